The van der Waals surface area contributed by atoms with Crippen LogP contribution < -0.4 is 0 Å². The van der Waals surface area contributed by atoms with Gasteiger partial charge >= 0.3 is 0 Å². The van der Waals surface area contributed by atoms with E-state index in [1.807, 2.05) is 0 Å². The average Bonchev–Trinajstić information content (AvgIpc) is 3.58. The highest BCUT2D eigenvalue weighted by atomic mass is 16.1. The Morgan fingerprint density at radius 2 is 1.97 bits per heavy atom. The second-order valence-corrected chi connectivity index (χ2v) is 10.4. The molecule has 0 amide bonds. The van der Waals surface area contributed by atoms with Gasteiger partial charge in [-0.3, -0.25) is 4.79 Å². The largest absolute Gasteiger partial charge is 0.302 e. The summed E-state index contributed by atoms with van der Waals surface area (Å²) in [5.74, 6) is 2.54. The van der Waals surface area contributed by atoms with Crippen LogP contribution in [0, 0.1) is 5.92 Å². The van der Waals surface area contributed by atoms with Crippen molar-refractivity contribution in [2.45, 2.75) is 89.5 Å². The minimum atomic E-state index is 0.394. The third-order valence-corrected chi connectivity index (χ3v) is 7.70. The van der Waals surface area contributed by atoms with E-state index >= 15 is 0 Å². The van der Waals surface area contributed by atoms with Crippen molar-refractivity contribution < 1.29 is 4.79 Å². The van der Waals surface area contributed by atoms with E-state index in [-0.39, 0.29) is 0 Å². The highest BCUT2D eigenvalue weighted by Crippen LogP contribution is 2.41. The molecule has 1 aliphatic heterocycles. The maximum Gasteiger partial charge on any atom is 0.135 e. The average molecular weight is 432 g/mol. The smallest absolute Gasteiger partial charge is 0.135 e. The van der Waals surface area contributed by atoms with Crippen molar-refractivity contribution in [2.75, 3.05) is 13.6 Å². The minimum Gasteiger partial charge on any atom is -0.302 e. The number of carbonyl (C=O) groups is 1. The molecule has 2 saturated carbocycles. The Morgan fingerprint density at radius 1 is 1.09 bits per heavy atom. The van der Waals surface area contributed by atoms with Crippen molar-refractivity contribution in [3.8, 4) is 0 Å². The number of fused-ring (bicyclic) bond motifs is 1. The molecular formula is C28H37N3O. The summed E-state index contributed by atoms with van der Waals surface area (Å²) in [4.78, 5) is 24.3. The Morgan fingerprint density at radius 3 is 2.75 bits per heavy atom. The van der Waals surface area contributed by atoms with E-state index in [9.17, 15) is 4.79 Å². The van der Waals surface area contributed by atoms with Gasteiger partial charge in [0.2, 0.25) is 0 Å². The second kappa shape index (κ2) is 9.82. The lowest BCUT2D eigenvalue weighted by atomic mass is 9.80. The Bertz CT molecular complexity index is 961. The zero-order valence-electron chi connectivity index (χ0n) is 19.6. The van der Waals surface area contributed by atoms with Crippen molar-refractivity contribution in [3.05, 3.63) is 58.2 Å². The Kier molecular flexibility index (Phi) is 6.68. The summed E-state index contributed by atoms with van der Waals surface area (Å²) in [5.41, 5.74) is 6.93. The molecule has 32 heavy (non-hydrogen) atoms. The standard InChI is InChI=1S/C28H37N3O/c1-31-15-14-23-16-20(10-11-24(23)19-31)17-28-29-18-25(21-12-13-21)26(30-28)8-3-2-4-9-27(32)22-6-5-7-22/h10-11,16,18,21-22H,2-9,12-15,17,19H2,1H3. The third-order valence-electron chi connectivity index (χ3n) is 7.70. The number of aryl methyl sites for hydroxylation is 1. The van der Waals surface area contributed by atoms with E-state index in [1.165, 1.54) is 47.2 Å². The van der Waals surface area contributed by atoms with Crippen LogP contribution in [0.25, 0.3) is 0 Å². The second-order valence-electron chi connectivity index (χ2n) is 10.4. The summed E-state index contributed by atoms with van der Waals surface area (Å²) in [6.07, 6.45) is 15.2. The molecule has 2 fully saturated rings. The molecule has 2 aromatic rings. The van der Waals surface area contributed by atoms with Gasteiger partial charge in [-0.1, -0.05) is 31.0 Å². The zero-order valence-corrected chi connectivity index (χ0v) is 19.6. The number of Topliss-reactive ketones (excluding diaryl/α,β-unsaturated/α-hetero) is 1. The number of unbranched alkanes of at least 4 members (excludes halogenated alkanes) is 2. The van der Waals surface area contributed by atoms with Crippen molar-refractivity contribution in [3.63, 3.8) is 0 Å². The molecule has 0 spiro atoms. The fraction of sp³-hybridized carbons (Fsp3) is 0.607. The van der Waals surface area contributed by atoms with Crippen LogP contribution in [-0.4, -0.2) is 34.2 Å². The molecule has 4 nitrogen and oxygen atoms in total. The van der Waals surface area contributed by atoms with Crippen molar-refractivity contribution >= 4 is 5.78 Å². The van der Waals surface area contributed by atoms with Gasteiger partial charge < -0.3 is 4.90 Å². The lowest BCUT2D eigenvalue weighted by molar-refractivity contribution is -0.125. The number of aromatic nitrogens is 2. The summed E-state index contributed by atoms with van der Waals surface area (Å²) >= 11 is 0. The first-order valence-electron chi connectivity index (χ1n) is 12.8. The highest BCUT2D eigenvalue weighted by molar-refractivity contribution is 5.81. The molecule has 0 radical (unpaired) electrons. The van der Waals surface area contributed by atoms with Crippen molar-refractivity contribution in [2.24, 2.45) is 5.92 Å². The fourth-order valence-corrected chi connectivity index (χ4v) is 5.23. The molecule has 5 rings (SSSR count). The van der Waals surface area contributed by atoms with Gasteiger partial charge in [0.15, 0.2) is 0 Å². The van der Waals surface area contributed by atoms with E-state index in [4.69, 9.17) is 9.97 Å². The first-order valence-corrected chi connectivity index (χ1v) is 12.8. The van der Waals surface area contributed by atoms with Gasteiger partial charge in [-0.05, 0) is 86.6 Å². The quantitative estimate of drug-likeness (QED) is 0.472. The first kappa shape index (κ1) is 21.8. The van der Waals surface area contributed by atoms with Gasteiger partial charge in [0, 0.05) is 43.7 Å². The number of ketones is 1. The summed E-state index contributed by atoms with van der Waals surface area (Å²) in [7, 11) is 2.19. The van der Waals surface area contributed by atoms with Crippen LogP contribution in [0.2, 0.25) is 0 Å². The zero-order chi connectivity index (χ0) is 21.9. The molecule has 170 valence electrons. The predicted octanol–water partition coefficient (Wildman–Crippen LogP) is 5.40. The van der Waals surface area contributed by atoms with Gasteiger partial charge in [-0.2, -0.15) is 0 Å². The lowest BCUT2D eigenvalue weighted by Crippen LogP contribution is -2.26. The summed E-state index contributed by atoms with van der Waals surface area (Å²) < 4.78 is 0. The van der Waals surface area contributed by atoms with Crippen LogP contribution in [0.1, 0.15) is 97.5 Å². The number of hydrogen-bond acceptors (Lipinski definition) is 4. The number of hydrogen-bond donors (Lipinski definition) is 0. The molecule has 0 saturated heterocycles. The molecule has 1 aromatic carbocycles. The van der Waals surface area contributed by atoms with E-state index in [0.717, 1.165) is 76.7 Å². The number of likely N-dealkylation sites (N-methyl/N-ethyl adjacent to an activating group) is 1. The maximum atomic E-state index is 12.1. The maximum absolute atomic E-state index is 12.1. The molecule has 3 aliphatic rings. The van der Waals surface area contributed by atoms with E-state index < -0.39 is 0 Å². The molecule has 4 heteroatoms. The Balaban J connectivity index is 1.19. The summed E-state index contributed by atoms with van der Waals surface area (Å²) in [6, 6.07) is 6.93. The van der Waals surface area contributed by atoms with Crippen molar-refractivity contribution in [1.29, 1.82) is 0 Å². The van der Waals surface area contributed by atoms with Gasteiger partial charge in [0.05, 0.1) is 0 Å². The first-order chi connectivity index (χ1) is 15.7. The summed E-state index contributed by atoms with van der Waals surface area (Å²) in [6.45, 7) is 2.19. The SMILES string of the molecule is CN1CCc2cc(Cc3ncc(C4CC4)c(CCCCCC(=O)C4CCC4)n3)ccc2C1. The normalized spacial score (nSPS) is 18.9. The number of benzene rings is 1. The highest BCUT2D eigenvalue weighted by Gasteiger charge is 2.27. The minimum absolute atomic E-state index is 0.394. The van der Waals surface area contributed by atoms with Crippen molar-refractivity contribution in [1.82, 2.24) is 14.9 Å². The predicted molar refractivity (Wildman–Crippen MR) is 128 cm³/mol. The van der Waals surface area contributed by atoms with E-state index in [1.54, 1.807) is 0 Å². The van der Waals surface area contributed by atoms with Crippen LogP contribution in [-0.2, 0) is 30.6 Å². The van der Waals surface area contributed by atoms with Crippen LogP contribution in [0.3, 0.4) is 0 Å². The van der Waals surface area contributed by atoms with Crippen LogP contribution in [0.5, 0.6) is 0 Å². The number of nitrogens with zero attached hydrogens (tertiary/aromatic N) is 3. The molecular weight excluding hydrogens is 394 g/mol. The molecule has 0 atom stereocenters. The molecule has 1 aromatic heterocycles. The number of rotatable bonds is 10. The van der Waals surface area contributed by atoms with Gasteiger partial charge in [0.1, 0.15) is 11.6 Å². The molecule has 2 aliphatic carbocycles. The van der Waals surface area contributed by atoms with Gasteiger partial charge in [-0.25, -0.2) is 9.97 Å². The fourth-order valence-electron chi connectivity index (χ4n) is 5.23. The monoisotopic (exact) mass is 431 g/mol. The molecule has 0 bridgehead atoms. The van der Waals surface area contributed by atoms with E-state index in [2.05, 4.69) is 36.3 Å². The summed E-state index contributed by atoms with van der Waals surface area (Å²) in [5, 5.41) is 0. The third kappa shape index (κ3) is 5.28. The molecule has 0 unspecified atom stereocenters. The Labute approximate surface area is 192 Å². The van der Waals surface area contributed by atoms with Crippen LogP contribution in [0.15, 0.2) is 24.4 Å². The van der Waals surface area contributed by atoms with Crippen LogP contribution >= 0.6 is 0 Å². The molecule has 2 heterocycles. The van der Waals surface area contributed by atoms with Gasteiger partial charge in [0.25, 0.3) is 0 Å². The molecule has 0 N–H and O–H groups in total. The van der Waals surface area contributed by atoms with Crippen LogP contribution in [0.4, 0.5) is 0 Å². The van der Waals surface area contributed by atoms with E-state index in [0.29, 0.717) is 17.6 Å². The van der Waals surface area contributed by atoms with Gasteiger partial charge in [-0.15, -0.1) is 0 Å². The Hall–Kier alpha value is -2.07. The topological polar surface area (TPSA) is 46.1 Å². The lowest BCUT2D eigenvalue weighted by Gasteiger charge is -2.25. The number of carbonyl (C=O) groups excluding carboxylic acids is 1.